The van der Waals surface area contributed by atoms with Crippen LogP contribution in [0.3, 0.4) is 0 Å². The molecule has 0 aromatic heterocycles. The summed E-state index contributed by atoms with van der Waals surface area (Å²) in [6.45, 7) is 1.22. The van der Waals surface area contributed by atoms with E-state index in [4.69, 9.17) is 5.73 Å². The van der Waals surface area contributed by atoms with E-state index in [1.54, 1.807) is 13.8 Å². The van der Waals surface area contributed by atoms with E-state index in [0.717, 1.165) is 0 Å². The zero-order valence-corrected chi connectivity index (χ0v) is 12.4. The standard InChI is InChI=1S/C13H20F6N2O/c1-3-10(4-2,7-20)9(22)21-6-5-11(8-21,12(14,15)16)13(17,18)19/h3-8,20H2,1-2H3. The summed E-state index contributed by atoms with van der Waals surface area (Å²) < 4.78 is 78.0. The monoisotopic (exact) mass is 334 g/mol. The minimum atomic E-state index is -5.45. The second kappa shape index (κ2) is 5.90. The Balaban J connectivity index is 3.13. The number of carbonyl (C=O) groups excluding carboxylic acids is 1. The first-order valence-corrected chi connectivity index (χ1v) is 7.03. The molecule has 1 aliphatic heterocycles. The number of amides is 1. The summed E-state index contributed by atoms with van der Waals surface area (Å²) in [6.07, 6.45) is -11.5. The highest BCUT2D eigenvalue weighted by atomic mass is 19.4. The summed E-state index contributed by atoms with van der Waals surface area (Å²) in [5, 5.41) is 0. The van der Waals surface area contributed by atoms with Gasteiger partial charge in [-0.15, -0.1) is 0 Å². The van der Waals surface area contributed by atoms with Crippen LogP contribution >= 0.6 is 0 Å². The van der Waals surface area contributed by atoms with Crippen LogP contribution in [0.1, 0.15) is 33.1 Å². The third kappa shape index (κ3) is 2.79. The lowest BCUT2D eigenvalue weighted by Crippen LogP contribution is -2.54. The molecule has 1 heterocycles. The number of nitrogens with two attached hydrogens (primary N) is 1. The quantitative estimate of drug-likeness (QED) is 0.803. The lowest BCUT2D eigenvalue weighted by atomic mass is 9.80. The van der Waals surface area contributed by atoms with Crippen molar-refractivity contribution in [2.75, 3.05) is 19.6 Å². The van der Waals surface area contributed by atoms with Crippen LogP contribution in [0.4, 0.5) is 26.3 Å². The Hall–Kier alpha value is -0.990. The smallest absolute Gasteiger partial charge is 0.341 e. The predicted octanol–water partition coefficient (Wildman–Crippen LogP) is 3.09. The van der Waals surface area contributed by atoms with Crippen molar-refractivity contribution in [3.63, 3.8) is 0 Å². The van der Waals surface area contributed by atoms with Gasteiger partial charge in [-0.25, -0.2) is 0 Å². The van der Waals surface area contributed by atoms with E-state index >= 15 is 0 Å². The van der Waals surface area contributed by atoms with Gasteiger partial charge in [0.15, 0.2) is 5.41 Å². The molecule has 2 N–H and O–H groups in total. The molecule has 0 aliphatic carbocycles. The summed E-state index contributed by atoms with van der Waals surface area (Å²) >= 11 is 0. The summed E-state index contributed by atoms with van der Waals surface area (Å²) in [4.78, 5) is 13.1. The first-order valence-electron chi connectivity index (χ1n) is 7.03. The van der Waals surface area contributed by atoms with Crippen LogP contribution in [-0.2, 0) is 4.79 Å². The van der Waals surface area contributed by atoms with Gasteiger partial charge in [0.1, 0.15) is 0 Å². The Morgan fingerprint density at radius 3 is 1.82 bits per heavy atom. The van der Waals surface area contributed by atoms with Crippen molar-refractivity contribution in [2.45, 2.75) is 45.5 Å². The summed E-state index contributed by atoms with van der Waals surface area (Å²) in [5.41, 5.74) is 0.591. The molecule has 0 saturated carbocycles. The first kappa shape index (κ1) is 19.1. The van der Waals surface area contributed by atoms with E-state index in [1.807, 2.05) is 0 Å². The Bertz CT molecular complexity index is 391. The van der Waals surface area contributed by atoms with Gasteiger partial charge in [-0.3, -0.25) is 4.79 Å². The summed E-state index contributed by atoms with van der Waals surface area (Å²) in [5.74, 6) is -0.727. The maximum atomic E-state index is 13.0. The molecule has 0 radical (unpaired) electrons. The third-order valence-electron chi connectivity index (χ3n) is 4.84. The SMILES string of the molecule is CCC(CC)(CN)C(=O)N1CCC(C(F)(F)F)(C(F)(F)F)C1. The van der Waals surface area contributed by atoms with Gasteiger partial charge in [-0.1, -0.05) is 13.8 Å². The molecule has 0 unspecified atom stereocenters. The maximum absolute atomic E-state index is 13.0. The van der Waals surface area contributed by atoms with Gasteiger partial charge in [0, 0.05) is 19.6 Å². The van der Waals surface area contributed by atoms with E-state index < -0.39 is 48.6 Å². The molecule has 1 fully saturated rings. The Labute approximate surface area is 124 Å². The number of alkyl halides is 6. The Kier molecular flexibility index (Phi) is 5.11. The zero-order valence-electron chi connectivity index (χ0n) is 12.4. The van der Waals surface area contributed by atoms with E-state index in [9.17, 15) is 31.1 Å². The van der Waals surface area contributed by atoms with E-state index in [-0.39, 0.29) is 19.4 Å². The van der Waals surface area contributed by atoms with Gasteiger partial charge in [-0.05, 0) is 19.3 Å². The molecule has 0 aromatic rings. The fourth-order valence-electron chi connectivity index (χ4n) is 2.87. The highest BCUT2D eigenvalue weighted by molar-refractivity contribution is 5.83. The fourth-order valence-corrected chi connectivity index (χ4v) is 2.87. The minimum absolute atomic E-state index is 0.111. The molecule has 0 bridgehead atoms. The van der Waals surface area contributed by atoms with Crippen molar-refractivity contribution in [3.05, 3.63) is 0 Å². The van der Waals surface area contributed by atoms with Gasteiger partial charge in [0.25, 0.3) is 0 Å². The van der Waals surface area contributed by atoms with Gasteiger partial charge in [-0.2, -0.15) is 26.3 Å². The van der Waals surface area contributed by atoms with Crippen LogP contribution in [0, 0.1) is 10.8 Å². The molecule has 0 spiro atoms. The maximum Gasteiger partial charge on any atom is 0.404 e. The van der Waals surface area contributed by atoms with Crippen LogP contribution in [0.15, 0.2) is 0 Å². The molecule has 9 heteroatoms. The van der Waals surface area contributed by atoms with Crippen LogP contribution in [0.5, 0.6) is 0 Å². The second-order valence-corrected chi connectivity index (χ2v) is 5.75. The number of likely N-dealkylation sites (tertiary alicyclic amines) is 1. The molecule has 0 aromatic carbocycles. The fraction of sp³-hybridized carbons (Fsp3) is 0.923. The van der Waals surface area contributed by atoms with Crippen LogP contribution in [0.25, 0.3) is 0 Å². The van der Waals surface area contributed by atoms with Gasteiger partial charge < -0.3 is 10.6 Å². The topological polar surface area (TPSA) is 46.3 Å². The second-order valence-electron chi connectivity index (χ2n) is 5.75. The van der Waals surface area contributed by atoms with E-state index in [0.29, 0.717) is 4.90 Å². The van der Waals surface area contributed by atoms with E-state index in [1.165, 1.54) is 0 Å². The highest BCUT2D eigenvalue weighted by Gasteiger charge is 2.73. The number of carbonyl (C=O) groups is 1. The summed E-state index contributed by atoms with van der Waals surface area (Å²) in [7, 11) is 0. The number of nitrogens with zero attached hydrogens (tertiary/aromatic N) is 1. The van der Waals surface area contributed by atoms with Crippen molar-refractivity contribution in [1.82, 2.24) is 4.90 Å². The molecular weight excluding hydrogens is 314 g/mol. The molecule has 3 nitrogen and oxygen atoms in total. The van der Waals surface area contributed by atoms with E-state index in [2.05, 4.69) is 0 Å². The Morgan fingerprint density at radius 1 is 1.09 bits per heavy atom. The van der Waals surface area contributed by atoms with Crippen molar-refractivity contribution < 1.29 is 31.1 Å². The predicted molar refractivity (Wildman–Crippen MR) is 67.8 cm³/mol. The largest absolute Gasteiger partial charge is 0.404 e. The highest BCUT2D eigenvalue weighted by Crippen LogP contribution is 2.56. The molecule has 0 atom stereocenters. The minimum Gasteiger partial charge on any atom is -0.341 e. The normalized spacial score (nSPS) is 19.6. The zero-order chi connectivity index (χ0) is 17.4. The molecule has 1 amide bonds. The lowest BCUT2D eigenvalue weighted by molar-refractivity contribution is -0.335. The van der Waals surface area contributed by atoms with Crippen molar-refractivity contribution in [1.29, 1.82) is 0 Å². The van der Waals surface area contributed by atoms with Gasteiger partial charge >= 0.3 is 12.4 Å². The average molecular weight is 334 g/mol. The number of hydrogen-bond donors (Lipinski definition) is 1. The lowest BCUT2D eigenvalue weighted by Gasteiger charge is -2.36. The molecule has 130 valence electrons. The van der Waals surface area contributed by atoms with Crippen LogP contribution in [-0.4, -0.2) is 42.8 Å². The number of halogens is 6. The molecule has 1 saturated heterocycles. The molecular formula is C13H20F6N2O. The van der Waals surface area contributed by atoms with Crippen LogP contribution < -0.4 is 5.73 Å². The van der Waals surface area contributed by atoms with Crippen molar-refractivity contribution >= 4 is 5.91 Å². The van der Waals surface area contributed by atoms with Crippen molar-refractivity contribution in [3.8, 4) is 0 Å². The number of hydrogen-bond acceptors (Lipinski definition) is 2. The van der Waals surface area contributed by atoms with Gasteiger partial charge in [0.05, 0.1) is 5.41 Å². The molecule has 1 aliphatic rings. The number of rotatable bonds is 4. The van der Waals surface area contributed by atoms with Crippen molar-refractivity contribution in [2.24, 2.45) is 16.6 Å². The van der Waals surface area contributed by atoms with Gasteiger partial charge in [0.2, 0.25) is 5.91 Å². The Morgan fingerprint density at radius 2 is 1.55 bits per heavy atom. The first-order chi connectivity index (χ1) is 9.90. The molecule has 22 heavy (non-hydrogen) atoms. The van der Waals surface area contributed by atoms with Crippen LogP contribution in [0.2, 0.25) is 0 Å². The summed E-state index contributed by atoms with van der Waals surface area (Å²) in [6, 6.07) is 0. The average Bonchev–Trinajstić information content (AvgIpc) is 2.86. The third-order valence-corrected chi connectivity index (χ3v) is 4.84. The molecule has 1 rings (SSSR count).